The lowest BCUT2D eigenvalue weighted by atomic mass is 9.97. The molecule has 174 valence electrons. The summed E-state index contributed by atoms with van der Waals surface area (Å²) in [5, 5.41) is 0. The molecule has 1 aliphatic rings. The Morgan fingerprint density at radius 3 is 2.34 bits per heavy atom. The van der Waals surface area contributed by atoms with Gasteiger partial charge >= 0.3 is 6.61 Å². The second kappa shape index (κ2) is 10.2. The van der Waals surface area contributed by atoms with Crippen LogP contribution in [0.1, 0.15) is 30.0 Å². The first-order chi connectivity index (χ1) is 15.3. The van der Waals surface area contributed by atoms with Crippen LogP contribution in [0.25, 0.3) is 6.08 Å². The van der Waals surface area contributed by atoms with Gasteiger partial charge in [0.15, 0.2) is 11.5 Å². The Labute approximate surface area is 186 Å². The van der Waals surface area contributed by atoms with Gasteiger partial charge in [-0.3, -0.25) is 0 Å². The van der Waals surface area contributed by atoms with Crippen molar-refractivity contribution < 1.29 is 36.1 Å². The van der Waals surface area contributed by atoms with Crippen molar-refractivity contribution in [1.82, 2.24) is 4.72 Å². The molecule has 0 atom stereocenters. The molecule has 2 aromatic rings. The Balaban J connectivity index is 1.78. The number of hydrogen-bond donors (Lipinski definition) is 1. The normalized spacial score (nSPS) is 13.4. The molecule has 0 aromatic heterocycles. The van der Waals surface area contributed by atoms with Crippen LogP contribution >= 0.6 is 0 Å². The van der Waals surface area contributed by atoms with Crippen molar-refractivity contribution >= 4 is 16.1 Å². The molecule has 0 amide bonds. The molecule has 0 aliphatic heterocycles. The molecule has 1 N–H and O–H groups in total. The molecule has 0 spiro atoms. The second-order valence-corrected chi connectivity index (χ2v) is 8.76. The second-order valence-electron chi connectivity index (χ2n) is 6.94. The number of alkyl halides is 2. The Kier molecular flexibility index (Phi) is 7.57. The molecule has 10 heteroatoms. The fourth-order valence-electron chi connectivity index (χ4n) is 3.42. The highest BCUT2D eigenvalue weighted by molar-refractivity contribution is 7.93. The van der Waals surface area contributed by atoms with Crippen molar-refractivity contribution in [1.29, 1.82) is 0 Å². The molecule has 7 nitrogen and oxygen atoms in total. The molecule has 0 saturated heterocycles. The first-order valence-electron chi connectivity index (χ1n) is 9.93. The van der Waals surface area contributed by atoms with E-state index >= 15 is 0 Å². The molecule has 0 heterocycles. The maximum atomic E-state index is 12.9. The quantitative estimate of drug-likeness (QED) is 0.564. The van der Waals surface area contributed by atoms with E-state index in [4.69, 9.17) is 14.2 Å². The number of methoxy groups -OCH3 is 2. The number of aryl methyl sites for hydroxylation is 1. The van der Waals surface area contributed by atoms with Gasteiger partial charge in [-0.1, -0.05) is 6.07 Å². The molecule has 0 unspecified atom stereocenters. The Hall–Kier alpha value is -2.85. The smallest absolute Gasteiger partial charge is 0.387 e. The zero-order chi connectivity index (χ0) is 23.3. The van der Waals surface area contributed by atoms with Crippen LogP contribution in [0.15, 0.2) is 35.2 Å². The summed E-state index contributed by atoms with van der Waals surface area (Å²) in [6.07, 6.45) is 2.19. The maximum Gasteiger partial charge on any atom is 0.387 e. The predicted molar refractivity (Wildman–Crippen MR) is 116 cm³/mol. The van der Waals surface area contributed by atoms with E-state index in [0.717, 1.165) is 5.56 Å². The number of ether oxygens (including phenoxy) is 4. The maximum absolute atomic E-state index is 12.9. The fourth-order valence-corrected chi connectivity index (χ4v) is 4.62. The lowest BCUT2D eigenvalue weighted by Gasteiger charge is -2.19. The average molecular weight is 470 g/mol. The highest BCUT2D eigenvalue weighted by Crippen LogP contribution is 2.38. The van der Waals surface area contributed by atoms with Gasteiger partial charge in [-0.2, -0.15) is 8.78 Å². The molecule has 3 rings (SSSR count). The highest BCUT2D eigenvalue weighted by atomic mass is 32.2. The molecular formula is C22H25F2NO6S. The van der Waals surface area contributed by atoms with Gasteiger partial charge in [0.05, 0.1) is 25.7 Å². The van der Waals surface area contributed by atoms with E-state index in [1.54, 1.807) is 24.3 Å². The van der Waals surface area contributed by atoms with Crippen LogP contribution in [0.5, 0.6) is 23.0 Å². The summed E-state index contributed by atoms with van der Waals surface area (Å²) in [5.74, 6) is 1.38. The van der Waals surface area contributed by atoms with Gasteiger partial charge in [-0.25, -0.2) is 13.1 Å². The van der Waals surface area contributed by atoms with E-state index in [1.807, 2.05) is 6.92 Å². The molecular weight excluding hydrogens is 444 g/mol. The summed E-state index contributed by atoms with van der Waals surface area (Å²) in [4.78, 5) is 0.220. The van der Waals surface area contributed by atoms with Gasteiger partial charge in [-0.05, 0) is 66.8 Å². The van der Waals surface area contributed by atoms with Crippen molar-refractivity contribution in [3.63, 3.8) is 0 Å². The van der Waals surface area contributed by atoms with Crippen molar-refractivity contribution in [2.75, 3.05) is 20.8 Å². The van der Waals surface area contributed by atoms with E-state index in [-0.39, 0.29) is 23.6 Å². The van der Waals surface area contributed by atoms with E-state index in [0.29, 0.717) is 41.4 Å². The van der Waals surface area contributed by atoms with E-state index < -0.39 is 16.6 Å². The third kappa shape index (κ3) is 5.49. The number of nitrogens with one attached hydrogen (secondary N) is 1. The van der Waals surface area contributed by atoms with Crippen LogP contribution in [-0.2, 0) is 23.0 Å². The molecule has 1 aliphatic carbocycles. The minimum Gasteiger partial charge on any atom is -0.493 e. The van der Waals surface area contributed by atoms with Crippen LogP contribution in [0, 0.1) is 0 Å². The minimum absolute atomic E-state index is 0.0207. The van der Waals surface area contributed by atoms with Crippen LogP contribution in [-0.4, -0.2) is 35.9 Å². The first-order valence-corrected chi connectivity index (χ1v) is 11.4. The molecule has 0 fully saturated rings. The number of allylic oxidation sites excluding steroid dienone is 1. The predicted octanol–water partition coefficient (Wildman–Crippen LogP) is 4.11. The van der Waals surface area contributed by atoms with E-state index in [9.17, 15) is 17.2 Å². The van der Waals surface area contributed by atoms with Crippen LogP contribution < -0.4 is 23.7 Å². The average Bonchev–Trinajstić information content (AvgIpc) is 2.77. The monoisotopic (exact) mass is 469 g/mol. The number of benzene rings is 2. The SMILES string of the molecule is CCOc1c(OC)cc(CNS(=O)(=O)C2=Cc3ccc(OC(F)F)cc3CC2)cc1OC. The van der Waals surface area contributed by atoms with Gasteiger partial charge in [0.2, 0.25) is 15.8 Å². The zero-order valence-electron chi connectivity index (χ0n) is 18.0. The summed E-state index contributed by atoms with van der Waals surface area (Å²) in [6, 6.07) is 7.84. The largest absolute Gasteiger partial charge is 0.493 e. The number of rotatable bonds is 10. The summed E-state index contributed by atoms with van der Waals surface area (Å²) in [6.45, 7) is -0.632. The third-order valence-corrected chi connectivity index (χ3v) is 6.45. The fraction of sp³-hybridized carbons (Fsp3) is 0.364. The molecule has 32 heavy (non-hydrogen) atoms. The number of fused-ring (bicyclic) bond motifs is 1. The first kappa shape index (κ1) is 23.8. The molecule has 2 aromatic carbocycles. The topological polar surface area (TPSA) is 83.1 Å². The van der Waals surface area contributed by atoms with Crippen molar-refractivity contribution in [3.05, 3.63) is 51.9 Å². The van der Waals surface area contributed by atoms with Gasteiger partial charge in [0.25, 0.3) is 0 Å². The van der Waals surface area contributed by atoms with Crippen LogP contribution in [0.2, 0.25) is 0 Å². The highest BCUT2D eigenvalue weighted by Gasteiger charge is 2.23. The van der Waals surface area contributed by atoms with E-state index in [2.05, 4.69) is 9.46 Å². The van der Waals surface area contributed by atoms with Gasteiger partial charge in [0.1, 0.15) is 5.75 Å². The van der Waals surface area contributed by atoms with Crippen LogP contribution in [0.4, 0.5) is 8.78 Å². The molecule has 0 bridgehead atoms. The molecule has 0 radical (unpaired) electrons. The number of sulfonamides is 1. The standard InChI is InChI=1S/C22H25F2NO6S/c1-4-30-21-19(28-2)9-14(10-20(21)29-3)13-25-32(26,27)18-8-6-15-11-17(31-22(23)24)7-5-16(15)12-18/h5,7,9-12,22,25H,4,6,8,13H2,1-3H3. The van der Waals surface area contributed by atoms with Gasteiger partial charge in [0, 0.05) is 6.54 Å². The molecule has 0 saturated carbocycles. The Bertz CT molecular complexity index is 1080. The van der Waals surface area contributed by atoms with Crippen molar-refractivity contribution in [3.8, 4) is 23.0 Å². The van der Waals surface area contributed by atoms with Crippen LogP contribution in [0.3, 0.4) is 0 Å². The Morgan fingerprint density at radius 2 is 1.75 bits per heavy atom. The summed E-state index contributed by atoms with van der Waals surface area (Å²) in [7, 11) is -0.779. The summed E-state index contributed by atoms with van der Waals surface area (Å²) >= 11 is 0. The van der Waals surface area contributed by atoms with Crippen molar-refractivity contribution in [2.45, 2.75) is 32.9 Å². The van der Waals surface area contributed by atoms with Gasteiger partial charge in [-0.15, -0.1) is 0 Å². The van der Waals surface area contributed by atoms with E-state index in [1.165, 1.54) is 26.4 Å². The number of hydrogen-bond acceptors (Lipinski definition) is 6. The summed E-state index contributed by atoms with van der Waals surface area (Å²) in [5.41, 5.74) is 2.04. The van der Waals surface area contributed by atoms with Gasteiger partial charge < -0.3 is 18.9 Å². The zero-order valence-corrected chi connectivity index (χ0v) is 18.8. The summed E-state index contributed by atoms with van der Waals surface area (Å²) < 4.78 is 73.8. The number of halogens is 2. The third-order valence-electron chi connectivity index (χ3n) is 4.92. The lowest BCUT2D eigenvalue weighted by molar-refractivity contribution is -0.0498. The lowest BCUT2D eigenvalue weighted by Crippen LogP contribution is -2.26. The van der Waals surface area contributed by atoms with Crippen molar-refractivity contribution in [2.24, 2.45) is 0 Å². The Morgan fingerprint density at radius 1 is 1.06 bits per heavy atom. The minimum atomic E-state index is -3.77.